The maximum absolute atomic E-state index is 13.7. The van der Waals surface area contributed by atoms with Crippen molar-refractivity contribution in [1.82, 2.24) is 5.32 Å². The second kappa shape index (κ2) is 9.84. The predicted octanol–water partition coefficient (Wildman–Crippen LogP) is 5.57. The van der Waals surface area contributed by atoms with Crippen LogP contribution in [0.5, 0.6) is 0 Å². The number of sulfone groups is 1. The third-order valence-electron chi connectivity index (χ3n) is 6.28. The number of benzene rings is 4. The average Bonchev–Trinajstić information content (AvgIpc) is 2.97. The number of carbonyl (C=O) groups is 2. The van der Waals surface area contributed by atoms with E-state index in [0.717, 1.165) is 16.7 Å². The molecule has 0 spiro atoms. The Labute approximate surface area is 220 Å². The molecule has 1 heterocycles. The van der Waals surface area contributed by atoms with E-state index in [1.165, 1.54) is 35.2 Å². The van der Waals surface area contributed by atoms with Crippen LogP contribution in [0, 0.1) is 6.92 Å². The number of halogens is 1. The number of carbonyl (C=O) groups excluding carboxylic acids is 2. The molecular formula is C29H23ClN2O4S. The predicted molar refractivity (Wildman–Crippen MR) is 143 cm³/mol. The van der Waals surface area contributed by atoms with Gasteiger partial charge in [-0.15, -0.1) is 0 Å². The fourth-order valence-corrected chi connectivity index (χ4v) is 6.02. The van der Waals surface area contributed by atoms with Gasteiger partial charge in [0.05, 0.1) is 27.6 Å². The minimum absolute atomic E-state index is 0.0325. The third-order valence-corrected chi connectivity index (χ3v) is 8.39. The van der Waals surface area contributed by atoms with E-state index in [2.05, 4.69) is 5.32 Å². The summed E-state index contributed by atoms with van der Waals surface area (Å²) >= 11 is 6.03. The van der Waals surface area contributed by atoms with Crippen molar-refractivity contribution >= 4 is 38.9 Å². The Morgan fingerprint density at radius 1 is 0.865 bits per heavy atom. The molecule has 0 atom stereocenters. The van der Waals surface area contributed by atoms with Crippen molar-refractivity contribution in [3.05, 3.63) is 124 Å². The van der Waals surface area contributed by atoms with Crippen molar-refractivity contribution in [1.29, 1.82) is 0 Å². The fourth-order valence-electron chi connectivity index (χ4n) is 4.27. The lowest BCUT2D eigenvalue weighted by Gasteiger charge is -2.23. The molecule has 0 radical (unpaired) electrons. The molecule has 0 saturated carbocycles. The van der Waals surface area contributed by atoms with Crippen LogP contribution in [0.25, 0.3) is 0 Å². The summed E-state index contributed by atoms with van der Waals surface area (Å²) in [7, 11) is -4.02. The highest BCUT2D eigenvalue weighted by Gasteiger charge is 2.36. The number of anilines is 1. The molecule has 0 unspecified atom stereocenters. The number of rotatable bonds is 5. The number of amides is 2. The number of hydrogen-bond donors (Lipinski definition) is 1. The molecule has 37 heavy (non-hydrogen) atoms. The lowest BCUT2D eigenvalue weighted by atomic mass is 10.1. The van der Waals surface area contributed by atoms with E-state index in [9.17, 15) is 18.0 Å². The first-order valence-corrected chi connectivity index (χ1v) is 13.5. The molecule has 0 saturated heterocycles. The molecule has 1 aliphatic heterocycles. The van der Waals surface area contributed by atoms with Gasteiger partial charge in [-0.05, 0) is 60.5 Å². The molecule has 0 aliphatic carbocycles. The van der Waals surface area contributed by atoms with E-state index in [4.69, 9.17) is 11.6 Å². The van der Waals surface area contributed by atoms with Crippen LogP contribution in [0.3, 0.4) is 0 Å². The lowest BCUT2D eigenvalue weighted by molar-refractivity contribution is 0.0947. The second-order valence-corrected chi connectivity index (χ2v) is 11.2. The molecule has 0 fully saturated rings. The van der Waals surface area contributed by atoms with E-state index in [1.54, 1.807) is 36.4 Å². The molecule has 8 heteroatoms. The first kappa shape index (κ1) is 24.7. The fraction of sp³-hybridized carbons (Fsp3) is 0.103. The van der Waals surface area contributed by atoms with Crippen molar-refractivity contribution in [3.63, 3.8) is 0 Å². The van der Waals surface area contributed by atoms with Gasteiger partial charge in [0.1, 0.15) is 0 Å². The average molecular weight is 531 g/mol. The second-order valence-electron chi connectivity index (χ2n) is 8.87. The molecule has 4 aromatic rings. The monoisotopic (exact) mass is 530 g/mol. The molecule has 1 aliphatic rings. The molecule has 5 rings (SSSR count). The van der Waals surface area contributed by atoms with Crippen molar-refractivity contribution in [2.24, 2.45) is 0 Å². The van der Waals surface area contributed by atoms with E-state index in [0.29, 0.717) is 11.6 Å². The van der Waals surface area contributed by atoms with Crippen LogP contribution in [0.15, 0.2) is 101 Å². The van der Waals surface area contributed by atoms with Crippen LogP contribution >= 0.6 is 11.6 Å². The molecular weight excluding hydrogens is 508 g/mol. The van der Waals surface area contributed by atoms with Gasteiger partial charge in [-0.25, -0.2) is 8.42 Å². The summed E-state index contributed by atoms with van der Waals surface area (Å²) < 4.78 is 27.3. The standard InChI is InChI=1S/C29H23ClN2O4S/c1-19-6-8-20(9-7-19)17-31-28(33)22-12-15-27-25(16-22)32(18-21-10-13-23(30)14-11-21)29(34)24-4-2-3-5-26(24)37(27,35)36/h2-16H,17-18H2,1H3,(H,31,33). The van der Waals surface area contributed by atoms with Crippen LogP contribution < -0.4 is 10.2 Å². The number of aryl methyl sites for hydroxylation is 1. The van der Waals surface area contributed by atoms with Crippen molar-refractivity contribution in [2.75, 3.05) is 4.90 Å². The highest BCUT2D eigenvalue weighted by Crippen LogP contribution is 2.38. The number of hydrogen-bond acceptors (Lipinski definition) is 4. The molecule has 4 aromatic carbocycles. The van der Waals surface area contributed by atoms with Gasteiger partial charge in [0.25, 0.3) is 11.8 Å². The highest BCUT2D eigenvalue weighted by molar-refractivity contribution is 7.91. The Balaban J connectivity index is 1.56. The Bertz CT molecular complexity index is 1610. The zero-order chi connectivity index (χ0) is 26.2. The lowest BCUT2D eigenvalue weighted by Crippen LogP contribution is -2.31. The van der Waals surface area contributed by atoms with Gasteiger partial charge in [0.2, 0.25) is 9.84 Å². The minimum Gasteiger partial charge on any atom is -0.348 e. The molecule has 1 N–H and O–H groups in total. The van der Waals surface area contributed by atoms with Crippen LogP contribution in [-0.4, -0.2) is 20.2 Å². The summed E-state index contributed by atoms with van der Waals surface area (Å²) in [6.45, 7) is 2.40. The molecule has 0 aromatic heterocycles. The van der Waals surface area contributed by atoms with E-state index in [-0.39, 0.29) is 39.1 Å². The maximum Gasteiger partial charge on any atom is 0.259 e. The molecule has 6 nitrogen and oxygen atoms in total. The van der Waals surface area contributed by atoms with Gasteiger partial charge < -0.3 is 10.2 Å². The van der Waals surface area contributed by atoms with Crippen LogP contribution in [-0.2, 0) is 22.9 Å². The largest absolute Gasteiger partial charge is 0.348 e. The quantitative estimate of drug-likeness (QED) is 0.365. The highest BCUT2D eigenvalue weighted by atomic mass is 35.5. The Morgan fingerprint density at radius 3 is 2.27 bits per heavy atom. The maximum atomic E-state index is 13.7. The molecule has 2 amide bonds. The number of nitrogens with zero attached hydrogens (tertiary/aromatic N) is 1. The van der Waals surface area contributed by atoms with Crippen molar-refractivity contribution < 1.29 is 18.0 Å². The van der Waals surface area contributed by atoms with Gasteiger partial charge in [-0.3, -0.25) is 9.59 Å². The summed E-state index contributed by atoms with van der Waals surface area (Å²) in [6, 6.07) is 25.3. The summed E-state index contributed by atoms with van der Waals surface area (Å²) in [4.78, 5) is 28.1. The summed E-state index contributed by atoms with van der Waals surface area (Å²) in [5.74, 6) is -0.841. The number of fused-ring (bicyclic) bond motifs is 2. The topological polar surface area (TPSA) is 83.6 Å². The Hall–Kier alpha value is -3.94. The number of nitrogens with one attached hydrogen (secondary N) is 1. The van der Waals surface area contributed by atoms with Gasteiger partial charge >= 0.3 is 0 Å². The molecule has 186 valence electrons. The van der Waals surface area contributed by atoms with Gasteiger partial charge in [-0.1, -0.05) is 65.7 Å². The van der Waals surface area contributed by atoms with Crippen LogP contribution in [0.1, 0.15) is 37.4 Å². The van der Waals surface area contributed by atoms with E-state index in [1.807, 2.05) is 31.2 Å². The Kier molecular flexibility index (Phi) is 6.58. The summed E-state index contributed by atoms with van der Waals surface area (Å²) in [6.07, 6.45) is 0. The van der Waals surface area contributed by atoms with Crippen molar-refractivity contribution in [3.8, 4) is 0 Å². The van der Waals surface area contributed by atoms with Crippen LogP contribution in [0.4, 0.5) is 5.69 Å². The van der Waals surface area contributed by atoms with Gasteiger partial charge in [-0.2, -0.15) is 0 Å². The normalized spacial score (nSPS) is 13.9. The summed E-state index contributed by atoms with van der Waals surface area (Å²) in [5, 5.41) is 3.42. The van der Waals surface area contributed by atoms with Gasteiger partial charge in [0, 0.05) is 17.1 Å². The smallest absolute Gasteiger partial charge is 0.259 e. The van der Waals surface area contributed by atoms with Gasteiger partial charge in [0.15, 0.2) is 0 Å². The van der Waals surface area contributed by atoms with E-state index < -0.39 is 15.7 Å². The SMILES string of the molecule is Cc1ccc(CNC(=O)c2ccc3c(c2)N(Cc2ccc(Cl)cc2)C(=O)c2ccccc2S3(=O)=O)cc1. The summed E-state index contributed by atoms with van der Waals surface area (Å²) in [5.41, 5.74) is 3.30. The Morgan fingerprint density at radius 2 is 1.54 bits per heavy atom. The molecule has 0 bridgehead atoms. The minimum atomic E-state index is -4.02. The first-order chi connectivity index (χ1) is 17.7. The van der Waals surface area contributed by atoms with Crippen molar-refractivity contribution in [2.45, 2.75) is 29.8 Å². The van der Waals surface area contributed by atoms with E-state index >= 15 is 0 Å². The third kappa shape index (κ3) is 4.88. The zero-order valence-corrected chi connectivity index (χ0v) is 21.5. The first-order valence-electron chi connectivity index (χ1n) is 11.6. The zero-order valence-electron chi connectivity index (χ0n) is 19.9. The van der Waals surface area contributed by atoms with Crippen LogP contribution in [0.2, 0.25) is 5.02 Å².